The van der Waals surface area contributed by atoms with Gasteiger partial charge in [-0.2, -0.15) is 4.98 Å². The van der Waals surface area contributed by atoms with E-state index in [1.54, 1.807) is 4.52 Å². The highest BCUT2D eigenvalue weighted by Crippen LogP contribution is 2.22. The molecule has 0 aliphatic carbocycles. The lowest BCUT2D eigenvalue weighted by Crippen LogP contribution is -2.19. The number of aromatic nitrogens is 4. The number of ether oxygens (including phenoxy) is 1. The van der Waals surface area contributed by atoms with Crippen molar-refractivity contribution >= 4 is 11.5 Å². The Bertz CT molecular complexity index is 654. The Morgan fingerprint density at radius 1 is 1.25 bits per heavy atom. The first-order valence-electron chi connectivity index (χ1n) is 8.83. The van der Waals surface area contributed by atoms with Crippen LogP contribution in [0.1, 0.15) is 52.7 Å². The smallest absolute Gasteiger partial charge is 0.336 e. The standard InChI is InChI=1S/C17H30N6O/c1-5-6-12(4)24-17-21-15(19)16-20-10-14(23(16)22-17)9-13(7-8-18)11(2)3/h10-13H,5-9,18H2,1-4H3,(H2,19,21,22)/t12-,13?/m0/s1. The van der Waals surface area contributed by atoms with Gasteiger partial charge in [-0.3, -0.25) is 0 Å². The molecule has 1 unspecified atom stereocenters. The van der Waals surface area contributed by atoms with Gasteiger partial charge in [0.2, 0.25) is 0 Å². The predicted molar refractivity (Wildman–Crippen MR) is 95.9 cm³/mol. The van der Waals surface area contributed by atoms with E-state index in [4.69, 9.17) is 16.2 Å². The maximum absolute atomic E-state index is 6.03. The first kappa shape index (κ1) is 18.4. The number of nitrogens with two attached hydrogens (primary N) is 2. The van der Waals surface area contributed by atoms with Crippen LogP contribution in [0.25, 0.3) is 5.65 Å². The second-order valence-electron chi connectivity index (χ2n) is 6.77. The summed E-state index contributed by atoms with van der Waals surface area (Å²) in [6, 6.07) is 0.306. The molecule has 0 amide bonds. The van der Waals surface area contributed by atoms with Gasteiger partial charge in [0.1, 0.15) is 0 Å². The SMILES string of the molecule is CCC[C@H](C)Oc1nc(N)c2ncc(CC(CCN)C(C)C)n2n1. The van der Waals surface area contributed by atoms with E-state index in [-0.39, 0.29) is 6.10 Å². The largest absolute Gasteiger partial charge is 0.459 e. The average Bonchev–Trinajstić information content (AvgIpc) is 2.90. The minimum absolute atomic E-state index is 0.0551. The van der Waals surface area contributed by atoms with Gasteiger partial charge in [-0.25, -0.2) is 9.50 Å². The van der Waals surface area contributed by atoms with Gasteiger partial charge in [-0.05, 0) is 44.6 Å². The van der Waals surface area contributed by atoms with Crippen molar-refractivity contribution in [3.8, 4) is 6.01 Å². The number of fused-ring (bicyclic) bond motifs is 1. The van der Waals surface area contributed by atoms with E-state index in [1.807, 2.05) is 13.1 Å². The van der Waals surface area contributed by atoms with Gasteiger partial charge in [0, 0.05) is 0 Å². The van der Waals surface area contributed by atoms with E-state index >= 15 is 0 Å². The summed E-state index contributed by atoms with van der Waals surface area (Å²) in [4.78, 5) is 8.60. The van der Waals surface area contributed by atoms with Crippen LogP contribution in [0.4, 0.5) is 5.82 Å². The summed E-state index contributed by atoms with van der Waals surface area (Å²) in [5, 5.41) is 4.50. The Morgan fingerprint density at radius 3 is 2.62 bits per heavy atom. The van der Waals surface area contributed by atoms with E-state index in [9.17, 15) is 0 Å². The third-order valence-electron chi connectivity index (χ3n) is 4.39. The van der Waals surface area contributed by atoms with Gasteiger partial charge < -0.3 is 16.2 Å². The third-order valence-corrected chi connectivity index (χ3v) is 4.39. The van der Waals surface area contributed by atoms with Crippen LogP contribution < -0.4 is 16.2 Å². The number of imidazole rings is 1. The number of rotatable bonds is 9. The van der Waals surface area contributed by atoms with Crippen LogP contribution in [0.5, 0.6) is 6.01 Å². The number of hydrogen-bond donors (Lipinski definition) is 2. The minimum Gasteiger partial charge on any atom is -0.459 e. The maximum Gasteiger partial charge on any atom is 0.336 e. The van der Waals surface area contributed by atoms with Crippen LogP contribution in [0, 0.1) is 11.8 Å². The molecular weight excluding hydrogens is 304 g/mol. The van der Waals surface area contributed by atoms with Crippen LogP contribution >= 0.6 is 0 Å². The van der Waals surface area contributed by atoms with Crippen molar-refractivity contribution in [3.63, 3.8) is 0 Å². The van der Waals surface area contributed by atoms with Gasteiger partial charge in [-0.1, -0.05) is 27.2 Å². The van der Waals surface area contributed by atoms with Crippen LogP contribution in [0.3, 0.4) is 0 Å². The molecule has 7 heteroatoms. The summed E-state index contributed by atoms with van der Waals surface area (Å²) < 4.78 is 7.56. The summed E-state index contributed by atoms with van der Waals surface area (Å²) in [6.07, 6.45) is 5.71. The molecule has 7 nitrogen and oxygen atoms in total. The van der Waals surface area contributed by atoms with Crippen molar-refractivity contribution in [2.75, 3.05) is 12.3 Å². The zero-order valence-corrected chi connectivity index (χ0v) is 15.2. The monoisotopic (exact) mass is 334 g/mol. The Morgan fingerprint density at radius 2 is 2.00 bits per heavy atom. The van der Waals surface area contributed by atoms with E-state index < -0.39 is 0 Å². The first-order valence-corrected chi connectivity index (χ1v) is 8.83. The number of nitrogen functional groups attached to an aromatic ring is 1. The molecule has 0 aliphatic rings. The molecule has 2 aromatic rings. The fourth-order valence-electron chi connectivity index (χ4n) is 2.92. The van der Waals surface area contributed by atoms with Crippen molar-refractivity contribution < 1.29 is 4.74 Å². The van der Waals surface area contributed by atoms with E-state index in [0.717, 1.165) is 31.4 Å². The zero-order chi connectivity index (χ0) is 17.7. The van der Waals surface area contributed by atoms with Crippen LogP contribution in [0.2, 0.25) is 0 Å². The highest BCUT2D eigenvalue weighted by atomic mass is 16.5. The Labute approximate surface area is 143 Å². The molecule has 0 spiro atoms. The molecule has 0 fully saturated rings. The molecule has 2 rings (SSSR count). The number of nitrogens with zero attached hydrogens (tertiary/aromatic N) is 4. The molecule has 0 bridgehead atoms. The summed E-state index contributed by atoms with van der Waals surface area (Å²) in [7, 11) is 0. The molecule has 0 aliphatic heterocycles. The lowest BCUT2D eigenvalue weighted by atomic mass is 9.88. The lowest BCUT2D eigenvalue weighted by molar-refractivity contribution is 0.189. The molecule has 0 aromatic carbocycles. The van der Waals surface area contributed by atoms with Gasteiger partial charge in [0.25, 0.3) is 0 Å². The fourth-order valence-corrected chi connectivity index (χ4v) is 2.92. The summed E-state index contributed by atoms with van der Waals surface area (Å²) >= 11 is 0. The molecule has 0 radical (unpaired) electrons. The van der Waals surface area contributed by atoms with E-state index in [1.165, 1.54) is 0 Å². The van der Waals surface area contributed by atoms with Crippen LogP contribution in [-0.4, -0.2) is 32.2 Å². The number of anilines is 1. The van der Waals surface area contributed by atoms with Crippen LogP contribution in [0.15, 0.2) is 6.20 Å². The normalized spacial score (nSPS) is 14.2. The molecule has 2 heterocycles. The third kappa shape index (κ3) is 4.35. The summed E-state index contributed by atoms with van der Waals surface area (Å²) in [5.74, 6) is 1.36. The quantitative estimate of drug-likeness (QED) is 0.730. The van der Waals surface area contributed by atoms with E-state index in [0.29, 0.717) is 35.9 Å². The molecule has 0 saturated carbocycles. The van der Waals surface area contributed by atoms with Crippen molar-refractivity contribution in [3.05, 3.63) is 11.9 Å². The molecular formula is C17H30N6O. The predicted octanol–water partition coefficient (Wildman–Crippen LogP) is 2.44. The Hall–Kier alpha value is -1.89. The highest BCUT2D eigenvalue weighted by molar-refractivity contribution is 5.59. The average molecular weight is 334 g/mol. The maximum atomic E-state index is 6.03. The summed E-state index contributed by atoms with van der Waals surface area (Å²) in [5.41, 5.74) is 13.4. The Balaban J connectivity index is 2.29. The topological polar surface area (TPSA) is 104 Å². The van der Waals surface area contributed by atoms with Gasteiger partial charge in [0.15, 0.2) is 11.5 Å². The highest BCUT2D eigenvalue weighted by Gasteiger charge is 2.18. The van der Waals surface area contributed by atoms with Crippen LogP contribution in [-0.2, 0) is 6.42 Å². The van der Waals surface area contributed by atoms with Crippen molar-refractivity contribution in [2.24, 2.45) is 17.6 Å². The van der Waals surface area contributed by atoms with Crippen molar-refractivity contribution in [1.29, 1.82) is 0 Å². The second kappa shape index (κ2) is 8.28. The second-order valence-corrected chi connectivity index (χ2v) is 6.77. The van der Waals surface area contributed by atoms with E-state index in [2.05, 4.69) is 35.8 Å². The Kier molecular flexibility index (Phi) is 6.36. The lowest BCUT2D eigenvalue weighted by Gasteiger charge is -2.19. The van der Waals surface area contributed by atoms with Gasteiger partial charge in [0.05, 0.1) is 18.0 Å². The van der Waals surface area contributed by atoms with Gasteiger partial charge >= 0.3 is 6.01 Å². The molecule has 0 saturated heterocycles. The van der Waals surface area contributed by atoms with Crippen molar-refractivity contribution in [2.45, 2.75) is 59.5 Å². The molecule has 2 aromatic heterocycles. The first-order chi connectivity index (χ1) is 11.5. The summed E-state index contributed by atoms with van der Waals surface area (Å²) in [6.45, 7) is 9.25. The fraction of sp³-hybridized carbons (Fsp3) is 0.706. The number of hydrogen-bond acceptors (Lipinski definition) is 6. The van der Waals surface area contributed by atoms with Gasteiger partial charge in [-0.15, -0.1) is 5.10 Å². The molecule has 24 heavy (non-hydrogen) atoms. The molecule has 134 valence electrons. The van der Waals surface area contributed by atoms with Crippen molar-refractivity contribution in [1.82, 2.24) is 19.6 Å². The molecule has 2 atom stereocenters. The zero-order valence-electron chi connectivity index (χ0n) is 15.2. The minimum atomic E-state index is 0.0551. The molecule has 4 N–H and O–H groups in total.